The lowest BCUT2D eigenvalue weighted by Crippen LogP contribution is -2.32. The van der Waals surface area contributed by atoms with Crippen LogP contribution < -0.4 is 4.57 Å². The van der Waals surface area contributed by atoms with Crippen molar-refractivity contribution in [1.82, 2.24) is 14.5 Å². The number of nitrogens with zero attached hydrogens (tertiary/aromatic N) is 4. The van der Waals surface area contributed by atoms with Crippen LogP contribution in [0.3, 0.4) is 0 Å². The van der Waals surface area contributed by atoms with Gasteiger partial charge in [0.1, 0.15) is 12.2 Å². The molecule has 118 valence electrons. The molecule has 0 bridgehead atoms. The molecule has 6 rings (SSSR count). The van der Waals surface area contributed by atoms with Crippen molar-refractivity contribution in [2.75, 3.05) is 0 Å². The SMILES string of the molecule is c1ccc(-n2c3cccnc3c3oc4[n+](c32)Cc2cnccc2-4)cc1. The Morgan fingerprint density at radius 3 is 2.84 bits per heavy atom. The van der Waals surface area contributed by atoms with Crippen molar-refractivity contribution in [1.29, 1.82) is 0 Å². The average molecular weight is 325 g/mol. The molecule has 0 radical (unpaired) electrons. The Morgan fingerprint density at radius 2 is 1.92 bits per heavy atom. The number of aromatic nitrogens is 4. The van der Waals surface area contributed by atoms with Gasteiger partial charge in [-0.15, -0.1) is 0 Å². The first kappa shape index (κ1) is 12.9. The monoisotopic (exact) mass is 325 g/mol. The summed E-state index contributed by atoms with van der Waals surface area (Å²) in [5.74, 6) is 0.875. The number of para-hydroxylation sites is 1. The van der Waals surface area contributed by atoms with E-state index in [1.807, 2.05) is 48.9 Å². The fraction of sp³-hybridized carbons (Fsp3) is 0.0500. The Balaban J connectivity index is 1.79. The summed E-state index contributed by atoms with van der Waals surface area (Å²) in [5, 5.41) is 0. The third kappa shape index (κ3) is 1.59. The summed E-state index contributed by atoms with van der Waals surface area (Å²) >= 11 is 0. The van der Waals surface area contributed by atoms with Crippen LogP contribution >= 0.6 is 0 Å². The number of hydrogen-bond donors (Lipinski definition) is 0. The molecule has 5 heteroatoms. The second-order valence-electron chi connectivity index (χ2n) is 6.22. The van der Waals surface area contributed by atoms with E-state index >= 15 is 0 Å². The van der Waals surface area contributed by atoms with E-state index in [-0.39, 0.29) is 0 Å². The first-order valence-corrected chi connectivity index (χ1v) is 8.22. The van der Waals surface area contributed by atoms with Gasteiger partial charge in [0.15, 0.2) is 11.0 Å². The van der Waals surface area contributed by atoms with Crippen molar-refractivity contribution in [2.45, 2.75) is 6.54 Å². The third-order valence-corrected chi connectivity index (χ3v) is 4.83. The van der Waals surface area contributed by atoms with Gasteiger partial charge in [-0.1, -0.05) is 18.2 Å². The molecule has 0 aliphatic carbocycles. The van der Waals surface area contributed by atoms with Gasteiger partial charge in [0.2, 0.25) is 0 Å². The number of pyridine rings is 2. The summed E-state index contributed by atoms with van der Waals surface area (Å²) < 4.78 is 10.7. The Labute approximate surface area is 142 Å². The number of hydrogen-bond acceptors (Lipinski definition) is 3. The predicted molar refractivity (Wildman–Crippen MR) is 93.4 cm³/mol. The molecular weight excluding hydrogens is 312 g/mol. The minimum absolute atomic E-state index is 0.759. The topological polar surface area (TPSA) is 47.7 Å². The van der Waals surface area contributed by atoms with Gasteiger partial charge in [0, 0.05) is 24.2 Å². The molecule has 0 fully saturated rings. The molecule has 0 saturated carbocycles. The number of rotatable bonds is 1. The Hall–Kier alpha value is -3.47. The van der Waals surface area contributed by atoms with Crippen molar-refractivity contribution < 1.29 is 8.98 Å². The lowest BCUT2D eigenvalue weighted by Gasteiger charge is -1.99. The molecule has 1 aliphatic heterocycles. The van der Waals surface area contributed by atoms with Gasteiger partial charge < -0.3 is 4.42 Å². The summed E-state index contributed by atoms with van der Waals surface area (Å²) in [6, 6.07) is 16.4. The van der Waals surface area contributed by atoms with E-state index in [0.717, 1.165) is 45.9 Å². The van der Waals surface area contributed by atoms with Crippen LogP contribution in [-0.2, 0) is 6.54 Å². The molecule has 0 N–H and O–H groups in total. The van der Waals surface area contributed by atoms with Crippen LogP contribution in [0.25, 0.3) is 39.4 Å². The summed E-state index contributed by atoms with van der Waals surface area (Å²) in [4.78, 5) is 8.83. The highest BCUT2D eigenvalue weighted by Gasteiger charge is 2.36. The van der Waals surface area contributed by atoms with Crippen LogP contribution in [0.15, 0.2) is 71.5 Å². The van der Waals surface area contributed by atoms with Crippen LogP contribution in [0.5, 0.6) is 0 Å². The minimum atomic E-state index is 0.759. The number of benzene rings is 1. The van der Waals surface area contributed by atoms with E-state index < -0.39 is 0 Å². The lowest BCUT2D eigenvalue weighted by atomic mass is 10.2. The molecule has 0 unspecified atom stereocenters. The zero-order valence-corrected chi connectivity index (χ0v) is 13.3. The maximum atomic E-state index is 6.30. The van der Waals surface area contributed by atoms with Gasteiger partial charge in [0.25, 0.3) is 11.5 Å². The Morgan fingerprint density at radius 1 is 1.00 bits per heavy atom. The molecule has 1 aliphatic rings. The fourth-order valence-electron chi connectivity index (χ4n) is 3.78. The van der Waals surface area contributed by atoms with E-state index in [2.05, 4.69) is 37.3 Å². The van der Waals surface area contributed by atoms with Gasteiger partial charge in [-0.25, -0.2) is 4.98 Å². The smallest absolute Gasteiger partial charge is 0.336 e. The molecule has 1 aromatic carbocycles. The van der Waals surface area contributed by atoms with Crippen LogP contribution in [0, 0.1) is 0 Å². The highest BCUT2D eigenvalue weighted by molar-refractivity contribution is 6.01. The quantitative estimate of drug-likeness (QED) is 0.435. The van der Waals surface area contributed by atoms with Crippen molar-refractivity contribution in [2.24, 2.45) is 0 Å². The highest BCUT2D eigenvalue weighted by atomic mass is 16.4. The van der Waals surface area contributed by atoms with Gasteiger partial charge in [-0.2, -0.15) is 9.13 Å². The van der Waals surface area contributed by atoms with Gasteiger partial charge in [0.05, 0.1) is 5.56 Å². The molecular formula is C20H13N4O+. The van der Waals surface area contributed by atoms with Crippen molar-refractivity contribution >= 4 is 22.3 Å². The second-order valence-corrected chi connectivity index (χ2v) is 6.22. The van der Waals surface area contributed by atoms with Crippen LogP contribution in [0.1, 0.15) is 5.56 Å². The van der Waals surface area contributed by atoms with Crippen LogP contribution in [-0.4, -0.2) is 14.5 Å². The number of oxazole rings is 1. The minimum Gasteiger partial charge on any atom is -0.411 e. The summed E-state index contributed by atoms with van der Waals surface area (Å²) in [6.45, 7) is 0.759. The molecule has 4 aromatic heterocycles. The van der Waals surface area contributed by atoms with Crippen LogP contribution in [0.4, 0.5) is 0 Å². The van der Waals surface area contributed by atoms with E-state index in [1.165, 1.54) is 5.56 Å². The molecule has 5 heterocycles. The van der Waals surface area contributed by atoms with E-state index in [4.69, 9.17) is 4.42 Å². The summed E-state index contributed by atoms with van der Waals surface area (Å²) in [5.41, 5.74) is 7.19. The molecule has 5 nitrogen and oxygen atoms in total. The summed E-state index contributed by atoms with van der Waals surface area (Å²) in [7, 11) is 0. The van der Waals surface area contributed by atoms with Gasteiger partial charge in [-0.3, -0.25) is 4.98 Å². The third-order valence-electron chi connectivity index (χ3n) is 4.83. The Bertz CT molecular complexity index is 1270. The zero-order chi connectivity index (χ0) is 16.4. The maximum absolute atomic E-state index is 6.30. The molecule has 25 heavy (non-hydrogen) atoms. The highest BCUT2D eigenvalue weighted by Crippen LogP contribution is 2.36. The molecule has 5 aromatic rings. The molecule has 0 atom stereocenters. The second kappa shape index (κ2) is 4.54. The zero-order valence-electron chi connectivity index (χ0n) is 13.3. The standard InChI is InChI=1S/C20H13N4O/c1-2-5-14(6-3-1)24-16-7-4-9-22-17(16)18-19(24)23-12-13-11-21-10-8-15(13)20(23)25-18/h1-11H,12H2/q+1. The first-order valence-electron chi connectivity index (χ1n) is 8.22. The maximum Gasteiger partial charge on any atom is 0.336 e. The van der Waals surface area contributed by atoms with E-state index in [0.29, 0.717) is 0 Å². The largest absolute Gasteiger partial charge is 0.411 e. The van der Waals surface area contributed by atoms with E-state index in [9.17, 15) is 0 Å². The van der Waals surface area contributed by atoms with Gasteiger partial charge in [-0.05, 0) is 30.3 Å². The first-order chi connectivity index (χ1) is 12.4. The molecule has 0 amide bonds. The normalized spacial score (nSPS) is 12.6. The Kier molecular flexibility index (Phi) is 2.34. The summed E-state index contributed by atoms with van der Waals surface area (Å²) in [6.07, 6.45) is 5.54. The van der Waals surface area contributed by atoms with Crippen LogP contribution in [0.2, 0.25) is 0 Å². The van der Waals surface area contributed by atoms with Gasteiger partial charge >= 0.3 is 5.65 Å². The molecule has 0 saturated heterocycles. The van der Waals surface area contributed by atoms with Crippen molar-refractivity contribution in [3.8, 4) is 17.1 Å². The predicted octanol–water partition coefficient (Wildman–Crippen LogP) is 3.48. The van der Waals surface area contributed by atoms with E-state index in [1.54, 1.807) is 0 Å². The number of fused-ring (bicyclic) bond motifs is 7. The average Bonchev–Trinajstić information content (AvgIpc) is 3.30. The fourth-order valence-corrected chi connectivity index (χ4v) is 3.78. The van der Waals surface area contributed by atoms with Crippen molar-refractivity contribution in [3.05, 3.63) is 72.7 Å². The lowest BCUT2D eigenvalue weighted by molar-refractivity contribution is -0.651. The van der Waals surface area contributed by atoms with Crippen molar-refractivity contribution in [3.63, 3.8) is 0 Å². The molecule has 0 spiro atoms.